The third-order valence-corrected chi connectivity index (χ3v) is 5.45. The van der Waals surface area contributed by atoms with Gasteiger partial charge in [0.25, 0.3) is 0 Å². The summed E-state index contributed by atoms with van der Waals surface area (Å²) in [7, 11) is 0. The Morgan fingerprint density at radius 1 is 1.10 bits per heavy atom. The SMILES string of the molecule is CCOC(=O)c1ccc(NC(=O)N2CC[NH+](Cc3ccc(Cl)cc3Cl)CC2)cc1. The number of carbonyl (C=O) groups is 2. The summed E-state index contributed by atoms with van der Waals surface area (Å²) in [5.74, 6) is -0.370. The number of urea groups is 1. The van der Waals surface area contributed by atoms with Gasteiger partial charge >= 0.3 is 12.0 Å². The smallest absolute Gasteiger partial charge is 0.338 e. The molecule has 29 heavy (non-hydrogen) atoms. The molecule has 0 unspecified atom stereocenters. The van der Waals surface area contributed by atoms with Gasteiger partial charge in [0.05, 0.1) is 43.4 Å². The van der Waals surface area contributed by atoms with Crippen molar-refractivity contribution in [3.8, 4) is 0 Å². The highest BCUT2D eigenvalue weighted by molar-refractivity contribution is 6.35. The molecule has 2 N–H and O–H groups in total. The molecular formula is C21H24Cl2N3O3+. The van der Waals surface area contributed by atoms with E-state index in [-0.39, 0.29) is 12.0 Å². The average Bonchev–Trinajstić information content (AvgIpc) is 2.71. The van der Waals surface area contributed by atoms with Gasteiger partial charge in [0.2, 0.25) is 0 Å². The normalized spacial score (nSPS) is 14.5. The summed E-state index contributed by atoms with van der Waals surface area (Å²) < 4.78 is 4.96. The number of halogens is 2. The Labute approximate surface area is 180 Å². The van der Waals surface area contributed by atoms with Crippen LogP contribution in [-0.2, 0) is 11.3 Å². The lowest BCUT2D eigenvalue weighted by atomic mass is 10.2. The number of carbonyl (C=O) groups excluding carboxylic acids is 2. The number of quaternary nitrogens is 1. The topological polar surface area (TPSA) is 63.1 Å². The molecular weight excluding hydrogens is 413 g/mol. The van der Waals surface area contributed by atoms with E-state index >= 15 is 0 Å². The zero-order valence-corrected chi connectivity index (χ0v) is 17.7. The van der Waals surface area contributed by atoms with Crippen LogP contribution in [0.1, 0.15) is 22.8 Å². The van der Waals surface area contributed by atoms with Crippen molar-refractivity contribution in [1.82, 2.24) is 4.90 Å². The quantitative estimate of drug-likeness (QED) is 0.707. The summed E-state index contributed by atoms with van der Waals surface area (Å²) in [6.45, 7) is 5.90. The number of nitrogens with zero attached hydrogens (tertiary/aromatic N) is 1. The monoisotopic (exact) mass is 436 g/mol. The molecule has 0 aliphatic carbocycles. The van der Waals surface area contributed by atoms with Gasteiger partial charge in [0.15, 0.2) is 0 Å². The zero-order chi connectivity index (χ0) is 20.8. The van der Waals surface area contributed by atoms with Gasteiger partial charge in [-0.1, -0.05) is 29.3 Å². The number of rotatable bonds is 5. The number of piperazine rings is 1. The Morgan fingerprint density at radius 3 is 2.41 bits per heavy atom. The van der Waals surface area contributed by atoms with Crippen molar-refractivity contribution in [2.75, 3.05) is 38.1 Å². The Kier molecular flexibility index (Phi) is 7.36. The van der Waals surface area contributed by atoms with Crippen LogP contribution in [-0.4, -0.2) is 49.7 Å². The molecule has 0 bridgehead atoms. The molecule has 2 aromatic rings. The number of nitrogens with one attached hydrogen (secondary N) is 2. The lowest BCUT2D eigenvalue weighted by molar-refractivity contribution is -0.917. The summed E-state index contributed by atoms with van der Waals surface area (Å²) in [5, 5.41) is 4.19. The molecule has 2 aromatic carbocycles. The minimum atomic E-state index is -0.370. The number of ether oxygens (including phenoxy) is 1. The van der Waals surface area contributed by atoms with Gasteiger partial charge in [0.1, 0.15) is 6.54 Å². The standard InChI is InChI=1S/C21H23Cl2N3O3/c1-2-29-20(27)15-4-7-18(8-5-15)24-21(28)26-11-9-25(10-12-26)14-16-3-6-17(22)13-19(16)23/h3-8,13H,2,9-12,14H2,1H3,(H,24,28)/p+1. The van der Waals surface area contributed by atoms with Crippen LogP contribution < -0.4 is 10.2 Å². The number of esters is 1. The van der Waals surface area contributed by atoms with E-state index in [1.54, 1.807) is 42.2 Å². The first-order valence-electron chi connectivity index (χ1n) is 9.57. The molecule has 1 aliphatic heterocycles. The van der Waals surface area contributed by atoms with E-state index in [4.69, 9.17) is 27.9 Å². The van der Waals surface area contributed by atoms with Crippen LogP contribution in [0, 0.1) is 0 Å². The van der Waals surface area contributed by atoms with Crippen LogP contribution in [0.5, 0.6) is 0 Å². The van der Waals surface area contributed by atoms with Gasteiger partial charge in [-0.05, 0) is 43.3 Å². The number of amides is 2. The van der Waals surface area contributed by atoms with Crippen molar-refractivity contribution in [2.45, 2.75) is 13.5 Å². The molecule has 8 heteroatoms. The Morgan fingerprint density at radius 2 is 1.79 bits per heavy atom. The van der Waals surface area contributed by atoms with Crippen LogP contribution in [0.3, 0.4) is 0 Å². The number of anilines is 1. The molecule has 1 saturated heterocycles. The van der Waals surface area contributed by atoms with E-state index in [2.05, 4.69) is 5.32 Å². The highest BCUT2D eigenvalue weighted by Crippen LogP contribution is 2.20. The minimum Gasteiger partial charge on any atom is -0.462 e. The highest BCUT2D eigenvalue weighted by atomic mass is 35.5. The van der Waals surface area contributed by atoms with Crippen molar-refractivity contribution < 1.29 is 19.2 Å². The fourth-order valence-electron chi connectivity index (χ4n) is 3.24. The molecule has 0 aromatic heterocycles. The average molecular weight is 437 g/mol. The molecule has 0 atom stereocenters. The van der Waals surface area contributed by atoms with Crippen LogP contribution in [0.25, 0.3) is 0 Å². The molecule has 3 rings (SSSR count). The summed E-state index contributed by atoms with van der Waals surface area (Å²) in [6, 6.07) is 12.1. The molecule has 0 saturated carbocycles. The van der Waals surface area contributed by atoms with Gasteiger partial charge in [-0.3, -0.25) is 0 Å². The highest BCUT2D eigenvalue weighted by Gasteiger charge is 2.24. The lowest BCUT2D eigenvalue weighted by Crippen LogP contribution is -3.13. The summed E-state index contributed by atoms with van der Waals surface area (Å²) in [5.41, 5.74) is 2.17. The van der Waals surface area contributed by atoms with Gasteiger partial charge in [-0.2, -0.15) is 0 Å². The first kappa shape index (κ1) is 21.4. The van der Waals surface area contributed by atoms with Crippen molar-refractivity contribution in [3.63, 3.8) is 0 Å². The van der Waals surface area contributed by atoms with Gasteiger partial charge in [0, 0.05) is 16.3 Å². The second-order valence-electron chi connectivity index (χ2n) is 6.88. The van der Waals surface area contributed by atoms with E-state index in [0.29, 0.717) is 41.0 Å². The Hall–Kier alpha value is -2.28. The van der Waals surface area contributed by atoms with Gasteiger partial charge in [-0.15, -0.1) is 0 Å². The third kappa shape index (κ3) is 5.85. The maximum Gasteiger partial charge on any atom is 0.338 e. The Bertz CT molecular complexity index is 866. The van der Waals surface area contributed by atoms with Crippen LogP contribution in [0.2, 0.25) is 10.0 Å². The molecule has 1 heterocycles. The fraction of sp³-hybridized carbons (Fsp3) is 0.333. The molecule has 1 fully saturated rings. The maximum absolute atomic E-state index is 12.5. The zero-order valence-electron chi connectivity index (χ0n) is 16.2. The summed E-state index contributed by atoms with van der Waals surface area (Å²) in [4.78, 5) is 27.4. The molecule has 1 aliphatic rings. The summed E-state index contributed by atoms with van der Waals surface area (Å²) >= 11 is 12.2. The second-order valence-corrected chi connectivity index (χ2v) is 7.72. The van der Waals surface area contributed by atoms with E-state index in [1.165, 1.54) is 4.90 Å². The first-order valence-corrected chi connectivity index (χ1v) is 10.3. The van der Waals surface area contributed by atoms with E-state index < -0.39 is 0 Å². The maximum atomic E-state index is 12.5. The second kappa shape index (κ2) is 9.96. The number of hydrogen-bond acceptors (Lipinski definition) is 3. The van der Waals surface area contributed by atoms with Crippen LogP contribution >= 0.6 is 23.2 Å². The van der Waals surface area contributed by atoms with E-state index in [1.807, 2.05) is 12.1 Å². The van der Waals surface area contributed by atoms with Crippen molar-refractivity contribution in [3.05, 3.63) is 63.6 Å². The van der Waals surface area contributed by atoms with Gasteiger partial charge in [-0.25, -0.2) is 9.59 Å². The predicted octanol–water partition coefficient (Wildman–Crippen LogP) is 3.10. The van der Waals surface area contributed by atoms with Crippen molar-refractivity contribution in [1.29, 1.82) is 0 Å². The third-order valence-electron chi connectivity index (χ3n) is 4.86. The van der Waals surface area contributed by atoms with Crippen LogP contribution in [0.4, 0.5) is 10.5 Å². The lowest BCUT2D eigenvalue weighted by Gasteiger charge is -2.32. The molecule has 0 spiro atoms. The Balaban J connectivity index is 1.49. The first-order chi connectivity index (χ1) is 14.0. The molecule has 2 amide bonds. The minimum absolute atomic E-state index is 0.141. The summed E-state index contributed by atoms with van der Waals surface area (Å²) in [6.07, 6.45) is 0. The van der Waals surface area contributed by atoms with E-state index in [9.17, 15) is 9.59 Å². The van der Waals surface area contributed by atoms with Crippen molar-refractivity contribution in [2.24, 2.45) is 0 Å². The molecule has 6 nitrogen and oxygen atoms in total. The van der Waals surface area contributed by atoms with Crippen LogP contribution in [0.15, 0.2) is 42.5 Å². The predicted molar refractivity (Wildman–Crippen MR) is 114 cm³/mol. The number of hydrogen-bond donors (Lipinski definition) is 2. The van der Waals surface area contributed by atoms with Gasteiger partial charge < -0.3 is 19.9 Å². The van der Waals surface area contributed by atoms with Crippen molar-refractivity contribution >= 4 is 40.9 Å². The molecule has 154 valence electrons. The van der Waals surface area contributed by atoms with E-state index in [0.717, 1.165) is 25.2 Å². The number of benzene rings is 2. The fourth-order valence-corrected chi connectivity index (χ4v) is 3.72. The molecule has 0 radical (unpaired) electrons. The largest absolute Gasteiger partial charge is 0.462 e.